The van der Waals surface area contributed by atoms with Crippen molar-refractivity contribution in [1.29, 1.82) is 0 Å². The van der Waals surface area contributed by atoms with Crippen molar-refractivity contribution in [3.8, 4) is 5.75 Å². The molecule has 0 saturated heterocycles. The van der Waals surface area contributed by atoms with Gasteiger partial charge in [0.2, 0.25) is 5.79 Å². The average Bonchev–Trinajstić information content (AvgIpc) is 2.26. The van der Waals surface area contributed by atoms with Crippen molar-refractivity contribution in [2.75, 3.05) is 6.61 Å². The molecular weight excluding hydrogens is 212 g/mol. The van der Waals surface area contributed by atoms with Crippen LogP contribution in [-0.4, -0.2) is 12.4 Å². The summed E-state index contributed by atoms with van der Waals surface area (Å²) < 4.78 is 11.6. The third kappa shape index (κ3) is 3.90. The van der Waals surface area contributed by atoms with E-state index in [0.717, 1.165) is 23.3 Å². The van der Waals surface area contributed by atoms with Crippen LogP contribution < -0.4 is 4.74 Å². The van der Waals surface area contributed by atoms with Crippen LogP contribution >= 0.6 is 0 Å². The Morgan fingerprint density at radius 3 is 2.65 bits per heavy atom. The van der Waals surface area contributed by atoms with E-state index >= 15 is 0 Å². The van der Waals surface area contributed by atoms with E-state index in [9.17, 15) is 0 Å². The lowest BCUT2D eigenvalue weighted by molar-refractivity contribution is -0.156. The fourth-order valence-corrected chi connectivity index (χ4v) is 1.65. The van der Waals surface area contributed by atoms with Gasteiger partial charge in [-0.15, -0.1) is 0 Å². The second-order valence-corrected chi connectivity index (χ2v) is 4.54. The van der Waals surface area contributed by atoms with Crippen LogP contribution in [0.5, 0.6) is 5.75 Å². The van der Waals surface area contributed by atoms with Gasteiger partial charge in [-0.05, 0) is 25.0 Å². The predicted octanol–water partition coefficient (Wildman–Crippen LogP) is 4.18. The summed E-state index contributed by atoms with van der Waals surface area (Å²) in [4.78, 5) is 0. The van der Waals surface area contributed by atoms with Crippen LogP contribution in [0.3, 0.4) is 0 Å². The molecule has 94 valence electrons. The minimum Gasteiger partial charge on any atom is -0.462 e. The van der Waals surface area contributed by atoms with E-state index in [-0.39, 0.29) is 0 Å². The van der Waals surface area contributed by atoms with Gasteiger partial charge in [-0.1, -0.05) is 31.7 Å². The third-order valence-electron chi connectivity index (χ3n) is 2.50. The summed E-state index contributed by atoms with van der Waals surface area (Å²) in [6.45, 7) is 12.5. The molecule has 17 heavy (non-hydrogen) atoms. The van der Waals surface area contributed by atoms with Crippen LogP contribution in [0.4, 0.5) is 0 Å². The molecule has 1 rings (SSSR count). The van der Waals surface area contributed by atoms with Gasteiger partial charge in [-0.2, -0.15) is 0 Å². The van der Waals surface area contributed by atoms with Gasteiger partial charge in [-0.3, -0.25) is 0 Å². The molecule has 0 aromatic heterocycles. The Hall–Kier alpha value is -1.28. The average molecular weight is 234 g/mol. The van der Waals surface area contributed by atoms with Crippen LogP contribution in [0, 0.1) is 6.92 Å². The molecule has 0 fully saturated rings. The first-order chi connectivity index (χ1) is 8.00. The minimum atomic E-state index is -0.610. The molecule has 0 atom stereocenters. The van der Waals surface area contributed by atoms with Crippen molar-refractivity contribution in [3.63, 3.8) is 0 Å². The Labute approximate surface area is 104 Å². The van der Waals surface area contributed by atoms with Gasteiger partial charge < -0.3 is 9.47 Å². The first-order valence-electron chi connectivity index (χ1n) is 6.05. The maximum atomic E-state index is 5.91. The predicted molar refractivity (Wildman–Crippen MR) is 72.2 cm³/mol. The van der Waals surface area contributed by atoms with Crippen LogP contribution in [0.15, 0.2) is 24.8 Å². The summed E-state index contributed by atoms with van der Waals surface area (Å²) in [6.07, 6.45) is 2.80. The number of hydrogen-bond acceptors (Lipinski definition) is 2. The highest BCUT2D eigenvalue weighted by Gasteiger charge is 2.21. The molecule has 2 heteroatoms. The molecule has 0 spiro atoms. The van der Waals surface area contributed by atoms with E-state index in [1.165, 1.54) is 0 Å². The Morgan fingerprint density at radius 2 is 2.06 bits per heavy atom. The zero-order valence-corrected chi connectivity index (χ0v) is 11.2. The molecule has 0 heterocycles. The molecule has 0 aliphatic carbocycles. The van der Waals surface area contributed by atoms with E-state index in [2.05, 4.69) is 13.5 Å². The van der Waals surface area contributed by atoms with Gasteiger partial charge in [0.25, 0.3) is 0 Å². The Balaban J connectivity index is 2.87. The summed E-state index contributed by atoms with van der Waals surface area (Å²) >= 11 is 0. The SMILES string of the molecule is C=Cc1c(C)cccc1OC(C)(C)OCCC. The van der Waals surface area contributed by atoms with Gasteiger partial charge in [-0.25, -0.2) is 0 Å². The molecule has 0 unspecified atom stereocenters. The molecule has 0 aliphatic heterocycles. The molecule has 0 bridgehead atoms. The second kappa shape index (κ2) is 5.87. The van der Waals surface area contributed by atoms with Crippen molar-refractivity contribution in [3.05, 3.63) is 35.9 Å². The molecule has 0 aliphatic rings. The molecule has 1 aromatic rings. The van der Waals surface area contributed by atoms with Crippen molar-refractivity contribution in [2.45, 2.75) is 39.9 Å². The summed E-state index contributed by atoms with van der Waals surface area (Å²) in [7, 11) is 0. The zero-order chi connectivity index (χ0) is 12.9. The molecule has 2 nitrogen and oxygen atoms in total. The van der Waals surface area contributed by atoms with Crippen LogP contribution in [0.1, 0.15) is 38.3 Å². The first-order valence-corrected chi connectivity index (χ1v) is 6.05. The van der Waals surface area contributed by atoms with Gasteiger partial charge in [0.05, 0.1) is 6.61 Å². The maximum Gasteiger partial charge on any atom is 0.204 e. The van der Waals surface area contributed by atoms with Gasteiger partial charge in [0.1, 0.15) is 5.75 Å². The van der Waals surface area contributed by atoms with E-state index in [1.54, 1.807) is 0 Å². The fourth-order valence-electron chi connectivity index (χ4n) is 1.65. The Kier molecular flexibility index (Phi) is 4.76. The Morgan fingerprint density at radius 1 is 1.35 bits per heavy atom. The molecule has 1 aromatic carbocycles. The topological polar surface area (TPSA) is 18.5 Å². The largest absolute Gasteiger partial charge is 0.462 e. The lowest BCUT2D eigenvalue weighted by Crippen LogP contribution is -2.32. The summed E-state index contributed by atoms with van der Waals surface area (Å²) in [5.74, 6) is 0.211. The van der Waals surface area contributed by atoms with E-state index in [4.69, 9.17) is 9.47 Å². The van der Waals surface area contributed by atoms with Crippen LogP contribution in [-0.2, 0) is 4.74 Å². The van der Waals surface area contributed by atoms with Crippen molar-refractivity contribution in [1.82, 2.24) is 0 Å². The molecular formula is C15H22O2. The normalized spacial score (nSPS) is 11.3. The van der Waals surface area contributed by atoms with E-state index in [0.29, 0.717) is 6.61 Å². The van der Waals surface area contributed by atoms with Gasteiger partial charge in [0, 0.05) is 19.4 Å². The van der Waals surface area contributed by atoms with Gasteiger partial charge in [0.15, 0.2) is 0 Å². The number of aryl methyl sites for hydroxylation is 1. The number of ether oxygens (including phenoxy) is 2. The highest BCUT2D eigenvalue weighted by atomic mass is 16.7. The Bertz CT molecular complexity index is 381. The number of hydrogen-bond donors (Lipinski definition) is 0. The highest BCUT2D eigenvalue weighted by molar-refractivity contribution is 5.59. The van der Waals surface area contributed by atoms with Gasteiger partial charge >= 0.3 is 0 Å². The molecule has 0 N–H and O–H groups in total. The number of rotatable bonds is 6. The molecule has 0 radical (unpaired) electrons. The maximum absolute atomic E-state index is 5.91. The molecule has 0 amide bonds. The number of benzene rings is 1. The van der Waals surface area contributed by atoms with Crippen molar-refractivity contribution < 1.29 is 9.47 Å². The zero-order valence-electron chi connectivity index (χ0n) is 11.2. The lowest BCUT2D eigenvalue weighted by Gasteiger charge is -2.27. The quantitative estimate of drug-likeness (QED) is 0.687. The minimum absolute atomic E-state index is 0.610. The second-order valence-electron chi connectivity index (χ2n) is 4.54. The summed E-state index contributed by atoms with van der Waals surface area (Å²) in [6, 6.07) is 5.97. The summed E-state index contributed by atoms with van der Waals surface area (Å²) in [5.41, 5.74) is 2.18. The van der Waals surface area contributed by atoms with Crippen molar-refractivity contribution in [2.24, 2.45) is 0 Å². The van der Waals surface area contributed by atoms with Crippen molar-refractivity contribution >= 4 is 6.08 Å². The van der Waals surface area contributed by atoms with E-state index in [1.807, 2.05) is 45.0 Å². The van der Waals surface area contributed by atoms with E-state index < -0.39 is 5.79 Å². The third-order valence-corrected chi connectivity index (χ3v) is 2.50. The smallest absolute Gasteiger partial charge is 0.204 e. The molecule has 0 saturated carbocycles. The lowest BCUT2D eigenvalue weighted by atomic mass is 10.1. The highest BCUT2D eigenvalue weighted by Crippen LogP contribution is 2.27. The van der Waals surface area contributed by atoms with Crippen LogP contribution in [0.25, 0.3) is 6.08 Å². The monoisotopic (exact) mass is 234 g/mol. The first kappa shape index (κ1) is 13.8. The van der Waals surface area contributed by atoms with Crippen LogP contribution in [0.2, 0.25) is 0 Å². The summed E-state index contributed by atoms with van der Waals surface area (Å²) in [5, 5.41) is 0. The standard InChI is InChI=1S/C15H22O2/c1-6-11-16-15(4,5)17-14-10-8-9-12(3)13(14)7-2/h7-10H,2,6,11H2,1,3-5H3. The fraction of sp³-hybridized carbons (Fsp3) is 0.467.